The zero-order valence-electron chi connectivity index (χ0n) is 8.01. The molecule has 0 spiro atoms. The molecule has 0 aliphatic rings. The van der Waals surface area contributed by atoms with Crippen LogP contribution in [0.4, 0.5) is 0 Å². The lowest BCUT2D eigenvalue weighted by molar-refractivity contribution is 0.182. The first-order valence-corrected chi connectivity index (χ1v) is 4.48. The minimum Gasteiger partial charge on any atom is -0.498 e. The number of hydrogen-bond acceptors (Lipinski definition) is 3. The number of hydrogen-bond donors (Lipinski definition) is 1. The van der Waals surface area contributed by atoms with Gasteiger partial charge in [-0.1, -0.05) is 0 Å². The quantitative estimate of drug-likeness (QED) is 0.477. The fraction of sp³-hybridized carbons (Fsp3) is 0.778. The van der Waals surface area contributed by atoms with Crippen LogP contribution in [0.2, 0.25) is 0 Å². The van der Waals surface area contributed by atoms with E-state index < -0.39 is 0 Å². The zero-order valence-corrected chi connectivity index (χ0v) is 8.01. The standard InChI is InChI=1S/C9H19NO2.H4Si/c1-3-11-8-9(12-4-2)6-5-7-10;/h8H,3-7,10H2,1-2H3;1H4. The second-order valence-corrected chi connectivity index (χ2v) is 2.36. The lowest BCUT2D eigenvalue weighted by Gasteiger charge is -2.07. The van der Waals surface area contributed by atoms with Crippen molar-refractivity contribution in [3.05, 3.63) is 12.0 Å². The summed E-state index contributed by atoms with van der Waals surface area (Å²) in [4.78, 5) is 0. The summed E-state index contributed by atoms with van der Waals surface area (Å²) in [6, 6.07) is 0. The highest BCUT2D eigenvalue weighted by Gasteiger charge is 1.96. The van der Waals surface area contributed by atoms with Gasteiger partial charge in [-0.15, -0.1) is 0 Å². The van der Waals surface area contributed by atoms with E-state index >= 15 is 0 Å². The van der Waals surface area contributed by atoms with Gasteiger partial charge in [0.25, 0.3) is 0 Å². The molecule has 0 aliphatic carbocycles. The lowest BCUT2D eigenvalue weighted by Crippen LogP contribution is -2.01. The number of ether oxygens (including phenoxy) is 2. The molecular formula is C9H23NO2Si. The van der Waals surface area contributed by atoms with Crippen molar-refractivity contribution in [2.75, 3.05) is 19.8 Å². The van der Waals surface area contributed by atoms with Crippen molar-refractivity contribution in [2.24, 2.45) is 5.73 Å². The van der Waals surface area contributed by atoms with Crippen LogP contribution in [0.5, 0.6) is 0 Å². The molecule has 0 bridgehead atoms. The Balaban J connectivity index is 0. The van der Waals surface area contributed by atoms with Crippen LogP contribution in [0.3, 0.4) is 0 Å². The van der Waals surface area contributed by atoms with Gasteiger partial charge in [-0.25, -0.2) is 0 Å². The van der Waals surface area contributed by atoms with Crippen LogP contribution in [0.25, 0.3) is 0 Å². The molecule has 0 unspecified atom stereocenters. The SMILES string of the molecule is CCOC=C(CCCN)OCC.[SiH4]. The molecule has 3 nitrogen and oxygen atoms in total. The predicted molar refractivity (Wildman–Crippen MR) is 61.0 cm³/mol. The molecule has 0 aromatic heterocycles. The van der Waals surface area contributed by atoms with E-state index in [0.717, 1.165) is 18.6 Å². The van der Waals surface area contributed by atoms with Gasteiger partial charge >= 0.3 is 0 Å². The average Bonchev–Trinajstić information content (AvgIpc) is 2.10. The molecule has 0 aliphatic heterocycles. The highest BCUT2D eigenvalue weighted by molar-refractivity contribution is 5.75. The molecule has 0 fully saturated rings. The van der Waals surface area contributed by atoms with Gasteiger partial charge in [0.15, 0.2) is 0 Å². The summed E-state index contributed by atoms with van der Waals surface area (Å²) >= 11 is 0. The first-order valence-electron chi connectivity index (χ1n) is 4.48. The van der Waals surface area contributed by atoms with Crippen LogP contribution < -0.4 is 5.73 Å². The van der Waals surface area contributed by atoms with E-state index in [1.165, 1.54) is 0 Å². The van der Waals surface area contributed by atoms with Gasteiger partial charge in [-0.05, 0) is 37.8 Å². The van der Waals surface area contributed by atoms with Crippen molar-refractivity contribution in [2.45, 2.75) is 26.7 Å². The molecule has 80 valence electrons. The fourth-order valence-corrected chi connectivity index (χ4v) is 0.803. The minimum absolute atomic E-state index is 0. The molecule has 13 heavy (non-hydrogen) atoms. The maximum atomic E-state index is 5.38. The number of allylic oxidation sites excluding steroid dienone is 1. The van der Waals surface area contributed by atoms with Crippen LogP contribution in [0.1, 0.15) is 26.7 Å². The number of rotatable bonds is 7. The van der Waals surface area contributed by atoms with E-state index in [9.17, 15) is 0 Å². The Bertz CT molecular complexity index is 129. The smallest absolute Gasteiger partial charge is 0.130 e. The molecule has 0 radical (unpaired) electrons. The Kier molecular flexibility index (Phi) is 13.3. The first-order chi connectivity index (χ1) is 5.85. The fourth-order valence-electron chi connectivity index (χ4n) is 0.803. The normalized spacial score (nSPS) is 10.5. The summed E-state index contributed by atoms with van der Waals surface area (Å²) in [6.45, 7) is 5.96. The molecule has 2 N–H and O–H groups in total. The van der Waals surface area contributed by atoms with Crippen molar-refractivity contribution in [1.29, 1.82) is 0 Å². The van der Waals surface area contributed by atoms with Gasteiger partial charge < -0.3 is 15.2 Å². The van der Waals surface area contributed by atoms with Crippen LogP contribution in [0.15, 0.2) is 12.0 Å². The lowest BCUT2D eigenvalue weighted by atomic mass is 10.3. The van der Waals surface area contributed by atoms with Crippen molar-refractivity contribution in [3.63, 3.8) is 0 Å². The second kappa shape index (κ2) is 11.5. The number of nitrogens with two attached hydrogens (primary N) is 1. The Labute approximate surface area is 85.3 Å². The van der Waals surface area contributed by atoms with E-state index in [0.29, 0.717) is 19.8 Å². The largest absolute Gasteiger partial charge is 0.498 e. The Hall–Kier alpha value is -0.483. The zero-order chi connectivity index (χ0) is 9.23. The summed E-state index contributed by atoms with van der Waals surface area (Å²) in [6.07, 6.45) is 3.49. The van der Waals surface area contributed by atoms with E-state index in [-0.39, 0.29) is 11.0 Å². The third-order valence-electron chi connectivity index (χ3n) is 1.34. The Morgan fingerprint density at radius 2 is 2.00 bits per heavy atom. The van der Waals surface area contributed by atoms with E-state index in [1.54, 1.807) is 6.26 Å². The molecule has 0 heterocycles. The van der Waals surface area contributed by atoms with Crippen molar-refractivity contribution >= 4 is 11.0 Å². The van der Waals surface area contributed by atoms with E-state index in [1.807, 2.05) is 13.8 Å². The van der Waals surface area contributed by atoms with E-state index in [4.69, 9.17) is 15.2 Å². The molecule has 0 rings (SSSR count). The topological polar surface area (TPSA) is 44.5 Å². The van der Waals surface area contributed by atoms with Crippen LogP contribution in [-0.2, 0) is 9.47 Å². The summed E-state index contributed by atoms with van der Waals surface area (Å²) in [5.74, 6) is 0.893. The van der Waals surface area contributed by atoms with Gasteiger partial charge in [0.1, 0.15) is 12.0 Å². The second-order valence-electron chi connectivity index (χ2n) is 2.36. The van der Waals surface area contributed by atoms with E-state index in [2.05, 4.69) is 0 Å². The molecule has 0 aromatic carbocycles. The third kappa shape index (κ3) is 9.43. The van der Waals surface area contributed by atoms with Gasteiger partial charge in [-0.3, -0.25) is 0 Å². The summed E-state index contributed by atoms with van der Waals surface area (Å²) in [5, 5.41) is 0. The Morgan fingerprint density at radius 3 is 2.46 bits per heavy atom. The van der Waals surface area contributed by atoms with Gasteiger partial charge in [0.2, 0.25) is 0 Å². The predicted octanol–water partition coefficient (Wildman–Crippen LogP) is 0.188. The van der Waals surface area contributed by atoms with Crippen molar-refractivity contribution in [3.8, 4) is 0 Å². The van der Waals surface area contributed by atoms with Gasteiger partial charge in [-0.2, -0.15) is 0 Å². The van der Waals surface area contributed by atoms with Crippen LogP contribution >= 0.6 is 0 Å². The van der Waals surface area contributed by atoms with Crippen molar-refractivity contribution in [1.82, 2.24) is 0 Å². The molecule has 0 aromatic rings. The van der Waals surface area contributed by atoms with Gasteiger partial charge in [0, 0.05) is 6.42 Å². The van der Waals surface area contributed by atoms with Crippen molar-refractivity contribution < 1.29 is 9.47 Å². The van der Waals surface area contributed by atoms with Crippen LogP contribution in [0, 0.1) is 0 Å². The summed E-state index contributed by atoms with van der Waals surface area (Å²) in [7, 11) is 0. The molecule has 0 saturated heterocycles. The van der Waals surface area contributed by atoms with Gasteiger partial charge in [0.05, 0.1) is 13.2 Å². The summed E-state index contributed by atoms with van der Waals surface area (Å²) < 4.78 is 10.4. The maximum absolute atomic E-state index is 5.38. The monoisotopic (exact) mass is 205 g/mol. The first kappa shape index (κ1) is 15.0. The Morgan fingerprint density at radius 1 is 1.31 bits per heavy atom. The third-order valence-corrected chi connectivity index (χ3v) is 1.34. The highest BCUT2D eigenvalue weighted by atomic mass is 28.1. The van der Waals surface area contributed by atoms with Crippen LogP contribution in [-0.4, -0.2) is 30.7 Å². The molecular weight excluding hydrogens is 182 g/mol. The molecule has 0 atom stereocenters. The molecule has 0 amide bonds. The molecule has 0 saturated carbocycles. The minimum atomic E-state index is 0. The molecule has 4 heteroatoms. The average molecular weight is 205 g/mol. The highest BCUT2D eigenvalue weighted by Crippen LogP contribution is 2.06. The summed E-state index contributed by atoms with van der Waals surface area (Å²) in [5.41, 5.74) is 5.38. The maximum Gasteiger partial charge on any atom is 0.130 e.